The van der Waals surface area contributed by atoms with E-state index in [0.717, 1.165) is 11.1 Å². The summed E-state index contributed by atoms with van der Waals surface area (Å²) < 4.78 is 13.9. The van der Waals surface area contributed by atoms with Crippen molar-refractivity contribution in [1.29, 1.82) is 0 Å². The van der Waals surface area contributed by atoms with Crippen LogP contribution in [-0.2, 0) is 16.2 Å². The normalized spacial score (nSPS) is 13.1. The largest absolute Gasteiger partial charge is 0.588 e. The third-order valence-electron chi connectivity index (χ3n) is 2.10. The maximum absolute atomic E-state index is 11.6. The molecule has 1 N–H and O–H groups in total. The van der Waals surface area contributed by atoms with Crippen LogP contribution in [0.5, 0.6) is 0 Å². The molecule has 1 atom stereocenters. The van der Waals surface area contributed by atoms with Crippen LogP contribution in [0.4, 0.5) is 0 Å². The molecule has 19 heavy (non-hydrogen) atoms. The Morgan fingerprint density at radius 2 is 1.79 bits per heavy atom. The zero-order valence-corrected chi connectivity index (χ0v) is 12.3. The summed E-state index contributed by atoms with van der Waals surface area (Å²) in [5.74, 6) is -0.375. The highest BCUT2D eigenvalue weighted by Crippen LogP contribution is 2.09. The summed E-state index contributed by atoms with van der Waals surface area (Å²) in [5, 5.41) is 9.19. The topological polar surface area (TPSA) is 52.2 Å². The summed E-state index contributed by atoms with van der Waals surface area (Å²) in [6.07, 6.45) is 4.78. The highest BCUT2D eigenvalue weighted by Gasteiger charge is 2.05. The average molecular weight is 309 g/mol. The van der Waals surface area contributed by atoms with Gasteiger partial charge in [-0.25, -0.2) is 0 Å². The van der Waals surface area contributed by atoms with Gasteiger partial charge in [0.05, 0.1) is 0 Å². The minimum Gasteiger partial charge on any atom is -0.588 e. The number of hydrogen-bond acceptors (Lipinski definition) is 4. The van der Waals surface area contributed by atoms with Crippen LogP contribution < -0.4 is 4.72 Å². The van der Waals surface area contributed by atoms with E-state index >= 15 is 0 Å². The average Bonchev–Trinajstić information content (AvgIpc) is 3.07. The van der Waals surface area contributed by atoms with Crippen molar-refractivity contribution in [3.8, 4) is 0 Å². The van der Waals surface area contributed by atoms with Gasteiger partial charge >= 0.3 is 0 Å². The maximum Gasteiger partial charge on any atom is 0.285 e. The van der Waals surface area contributed by atoms with Gasteiger partial charge in [0.25, 0.3) is 5.91 Å². The molecule has 1 unspecified atom stereocenters. The summed E-state index contributed by atoms with van der Waals surface area (Å²) in [7, 11) is 0. The monoisotopic (exact) mass is 309 g/mol. The van der Waals surface area contributed by atoms with Crippen molar-refractivity contribution < 1.29 is 9.35 Å². The Hall–Kier alpha value is -1.34. The number of nitrogens with one attached hydrogen (secondary N) is 1. The maximum atomic E-state index is 11.6. The van der Waals surface area contributed by atoms with Gasteiger partial charge in [0, 0.05) is 6.08 Å². The molecule has 2 rings (SSSR count). The van der Waals surface area contributed by atoms with E-state index in [-0.39, 0.29) is 5.91 Å². The fourth-order valence-corrected chi connectivity index (χ4v) is 3.09. The van der Waals surface area contributed by atoms with Crippen LogP contribution in [-0.4, -0.2) is 10.5 Å². The summed E-state index contributed by atoms with van der Waals surface area (Å²) in [6, 6.07) is 3.82. The number of carbonyl (C=O) groups excluding carboxylic acids is 1. The van der Waals surface area contributed by atoms with E-state index < -0.39 is 11.4 Å². The van der Waals surface area contributed by atoms with Gasteiger partial charge in [-0.05, 0) is 56.9 Å². The van der Waals surface area contributed by atoms with Gasteiger partial charge in [0.2, 0.25) is 0 Å². The van der Waals surface area contributed by atoms with Crippen LogP contribution in [0, 0.1) is 0 Å². The Morgan fingerprint density at radius 3 is 2.37 bits per heavy atom. The highest BCUT2D eigenvalue weighted by molar-refractivity contribution is 7.93. The highest BCUT2D eigenvalue weighted by atomic mass is 32.2. The molecule has 0 aliphatic rings. The smallest absolute Gasteiger partial charge is 0.285 e. The molecule has 0 aliphatic carbocycles. The van der Waals surface area contributed by atoms with Gasteiger partial charge in [-0.15, -0.1) is 0 Å². The number of carbonyl (C=O) groups is 1. The first-order valence-corrected chi connectivity index (χ1v) is 8.46. The lowest BCUT2D eigenvalue weighted by atomic mass is 10.3. The van der Waals surface area contributed by atoms with Crippen molar-refractivity contribution in [2.45, 2.75) is 0 Å². The summed E-state index contributed by atoms with van der Waals surface area (Å²) in [6.45, 7) is 0. The van der Waals surface area contributed by atoms with Gasteiger partial charge in [0.1, 0.15) is 16.8 Å². The van der Waals surface area contributed by atoms with E-state index in [1.165, 1.54) is 11.5 Å². The Kier molecular flexibility index (Phi) is 5.41. The van der Waals surface area contributed by atoms with Crippen molar-refractivity contribution in [2.24, 2.45) is 0 Å². The number of amides is 1. The second-order valence-corrected chi connectivity index (χ2v) is 6.14. The lowest BCUT2D eigenvalue weighted by Crippen LogP contribution is -2.26. The van der Waals surface area contributed by atoms with Crippen molar-refractivity contribution in [3.05, 3.63) is 56.3 Å². The Balaban J connectivity index is 1.82. The van der Waals surface area contributed by atoms with Crippen LogP contribution >= 0.6 is 22.7 Å². The minimum absolute atomic E-state index is 0.375. The predicted molar refractivity (Wildman–Crippen MR) is 83.0 cm³/mol. The van der Waals surface area contributed by atoms with Gasteiger partial charge in [-0.2, -0.15) is 27.4 Å². The molecule has 2 heterocycles. The Bertz CT molecular complexity index is 559. The first kappa shape index (κ1) is 14.1. The molecule has 0 saturated heterocycles. The molecule has 3 nitrogen and oxygen atoms in total. The predicted octanol–water partition coefficient (Wildman–Crippen LogP) is 3.27. The molecular formula is C13H11NO2S3. The van der Waals surface area contributed by atoms with Crippen molar-refractivity contribution >= 4 is 52.1 Å². The molecule has 0 spiro atoms. The van der Waals surface area contributed by atoms with E-state index in [1.807, 2.05) is 33.7 Å². The standard InChI is InChI=1S/C13H11NO2S3/c15-13(2-1-11-3-6-17-9-11)14-19(16)8-5-12-4-7-18-10-12/h1-10H,(H,14,15). The molecular weight excluding hydrogens is 298 g/mol. The van der Waals surface area contributed by atoms with E-state index in [1.54, 1.807) is 34.8 Å². The first-order valence-electron chi connectivity index (χ1n) is 5.36. The fourth-order valence-electron chi connectivity index (χ4n) is 1.22. The molecule has 0 radical (unpaired) electrons. The summed E-state index contributed by atoms with van der Waals surface area (Å²) in [5.41, 5.74) is 1.93. The number of hydrogen-bond donors (Lipinski definition) is 1. The summed E-state index contributed by atoms with van der Waals surface area (Å²) >= 11 is 1.62. The van der Waals surface area contributed by atoms with Crippen molar-refractivity contribution in [1.82, 2.24) is 4.72 Å². The molecule has 6 heteroatoms. The van der Waals surface area contributed by atoms with Crippen LogP contribution in [0.1, 0.15) is 11.1 Å². The van der Waals surface area contributed by atoms with Crippen molar-refractivity contribution in [3.63, 3.8) is 0 Å². The number of rotatable bonds is 5. The lowest BCUT2D eigenvalue weighted by molar-refractivity contribution is -0.114. The molecule has 0 aliphatic heterocycles. The quantitative estimate of drug-likeness (QED) is 0.681. The van der Waals surface area contributed by atoms with Gasteiger partial charge in [-0.1, -0.05) is 0 Å². The molecule has 1 amide bonds. The van der Waals surface area contributed by atoms with E-state index in [4.69, 9.17) is 0 Å². The van der Waals surface area contributed by atoms with Crippen LogP contribution in [0.25, 0.3) is 12.2 Å². The molecule has 0 saturated carbocycles. The SMILES string of the molecule is O=C(C=Cc1ccsc1)N[S+]([O-])C=Cc1ccsc1. The lowest BCUT2D eigenvalue weighted by Gasteiger charge is -2.03. The zero-order chi connectivity index (χ0) is 13.5. The van der Waals surface area contributed by atoms with Crippen molar-refractivity contribution in [2.75, 3.05) is 0 Å². The molecule has 0 fully saturated rings. The second kappa shape index (κ2) is 7.30. The zero-order valence-electron chi connectivity index (χ0n) is 9.81. The molecule has 98 valence electrons. The molecule has 2 aromatic rings. The third-order valence-corrected chi connectivity index (χ3v) is 4.29. The van der Waals surface area contributed by atoms with E-state index in [9.17, 15) is 9.35 Å². The molecule has 0 aromatic carbocycles. The first-order chi connectivity index (χ1) is 9.24. The van der Waals surface area contributed by atoms with Gasteiger partial charge < -0.3 is 4.55 Å². The fraction of sp³-hybridized carbons (Fsp3) is 0. The molecule has 0 bridgehead atoms. The van der Waals surface area contributed by atoms with Crippen LogP contribution in [0.2, 0.25) is 0 Å². The van der Waals surface area contributed by atoms with Gasteiger partial charge in [0.15, 0.2) is 0 Å². The van der Waals surface area contributed by atoms with E-state index in [2.05, 4.69) is 4.72 Å². The summed E-state index contributed by atoms with van der Waals surface area (Å²) in [4.78, 5) is 11.5. The minimum atomic E-state index is -1.51. The van der Waals surface area contributed by atoms with Crippen LogP contribution in [0.15, 0.2) is 45.1 Å². The molecule has 2 aromatic heterocycles. The number of thiophene rings is 2. The van der Waals surface area contributed by atoms with Gasteiger partial charge in [-0.3, -0.25) is 4.79 Å². The second-order valence-electron chi connectivity index (χ2n) is 3.51. The Morgan fingerprint density at radius 1 is 1.16 bits per heavy atom. The van der Waals surface area contributed by atoms with E-state index in [0.29, 0.717) is 0 Å². The van der Waals surface area contributed by atoms with Crippen LogP contribution in [0.3, 0.4) is 0 Å². The third kappa shape index (κ3) is 5.04. The Labute approximate surface area is 122 Å².